The molecule has 0 unspecified atom stereocenters. The Labute approximate surface area is 87.7 Å². The van der Waals surface area contributed by atoms with Crippen LogP contribution in [0.5, 0.6) is 0 Å². The van der Waals surface area contributed by atoms with Gasteiger partial charge in [-0.15, -0.1) is 0 Å². The summed E-state index contributed by atoms with van der Waals surface area (Å²) in [4.78, 5) is 10.7. The van der Waals surface area contributed by atoms with Gasteiger partial charge in [0.25, 0.3) is 0 Å². The van der Waals surface area contributed by atoms with Crippen LogP contribution in [-0.2, 0) is 9.53 Å². The van der Waals surface area contributed by atoms with Crippen molar-refractivity contribution in [2.75, 3.05) is 7.11 Å². The first-order chi connectivity index (χ1) is 7.24. The fraction of sp³-hybridized carbons (Fsp3) is 0.0833. The molecule has 0 N–H and O–H groups in total. The molecule has 1 aromatic carbocycles. The van der Waals surface area contributed by atoms with E-state index < -0.39 is 11.8 Å². The smallest absolute Gasteiger partial charge is 0.366 e. The monoisotopic (exact) mass is 206 g/mol. The van der Waals surface area contributed by atoms with E-state index in [4.69, 9.17) is 0 Å². The Morgan fingerprint density at radius 1 is 1.33 bits per heavy atom. The highest BCUT2D eigenvalue weighted by molar-refractivity contribution is 5.86. The van der Waals surface area contributed by atoms with Crippen molar-refractivity contribution < 1.29 is 13.9 Å². The second-order valence-electron chi connectivity index (χ2n) is 2.78. The van der Waals surface area contributed by atoms with Crippen molar-refractivity contribution >= 4 is 12.0 Å². The summed E-state index contributed by atoms with van der Waals surface area (Å²) in [5, 5.41) is 0. The van der Waals surface area contributed by atoms with E-state index in [1.54, 1.807) is 6.08 Å². The maximum Gasteiger partial charge on any atom is 0.366 e. The second kappa shape index (κ2) is 5.75. The van der Waals surface area contributed by atoms with E-state index in [0.29, 0.717) is 0 Å². The molecule has 0 saturated heterocycles. The molecule has 3 heteroatoms. The van der Waals surface area contributed by atoms with Gasteiger partial charge in [0.1, 0.15) is 0 Å². The van der Waals surface area contributed by atoms with Gasteiger partial charge in [-0.25, -0.2) is 4.79 Å². The van der Waals surface area contributed by atoms with Crippen molar-refractivity contribution in [2.45, 2.75) is 0 Å². The zero-order valence-corrected chi connectivity index (χ0v) is 8.31. The van der Waals surface area contributed by atoms with Crippen LogP contribution in [0.1, 0.15) is 5.56 Å². The van der Waals surface area contributed by atoms with Crippen LogP contribution >= 0.6 is 0 Å². The number of esters is 1. The van der Waals surface area contributed by atoms with Crippen molar-refractivity contribution in [3.8, 4) is 0 Å². The zero-order chi connectivity index (χ0) is 11.1. The van der Waals surface area contributed by atoms with Crippen LogP contribution in [0.3, 0.4) is 0 Å². The Balaban J connectivity index is 2.64. The number of carbonyl (C=O) groups is 1. The Morgan fingerprint density at radius 3 is 2.60 bits per heavy atom. The third-order valence-corrected chi connectivity index (χ3v) is 1.71. The summed E-state index contributed by atoms with van der Waals surface area (Å²) in [5.41, 5.74) is 0.936. The number of allylic oxidation sites excluding steroid dienone is 2. The lowest BCUT2D eigenvalue weighted by molar-refractivity contribution is -0.137. The van der Waals surface area contributed by atoms with Gasteiger partial charge in [0.05, 0.1) is 7.11 Å². The topological polar surface area (TPSA) is 26.3 Å². The molecule has 0 spiro atoms. The summed E-state index contributed by atoms with van der Waals surface area (Å²) in [6, 6.07) is 9.39. The Morgan fingerprint density at radius 2 is 2.00 bits per heavy atom. The van der Waals surface area contributed by atoms with E-state index in [1.165, 1.54) is 6.08 Å². The normalized spacial score (nSPS) is 11.7. The summed E-state index contributed by atoms with van der Waals surface area (Å²) < 4.78 is 17.0. The van der Waals surface area contributed by atoms with Gasteiger partial charge in [0, 0.05) is 0 Å². The summed E-state index contributed by atoms with van der Waals surface area (Å²) in [7, 11) is 1.14. The molecule has 1 aromatic rings. The highest BCUT2D eigenvalue weighted by Gasteiger charge is 2.05. The van der Waals surface area contributed by atoms with Crippen molar-refractivity contribution in [1.82, 2.24) is 0 Å². The predicted octanol–water partition coefficient (Wildman–Crippen LogP) is 2.73. The molecule has 0 aromatic heterocycles. The third-order valence-electron chi connectivity index (χ3n) is 1.71. The first-order valence-corrected chi connectivity index (χ1v) is 4.41. The summed E-state index contributed by atoms with van der Waals surface area (Å²) in [6.07, 6.45) is 4.23. The molecule has 0 amide bonds. The molecule has 2 nitrogen and oxygen atoms in total. The Hall–Kier alpha value is -1.90. The first-order valence-electron chi connectivity index (χ1n) is 4.41. The zero-order valence-electron chi connectivity index (χ0n) is 8.31. The standard InChI is InChI=1S/C12H11FO2/c1-15-12(14)11(13)9-5-8-10-6-3-2-4-7-10/h2-9H,1H3/b8-5+,11-9-. The lowest BCUT2D eigenvalue weighted by atomic mass is 10.2. The van der Waals surface area contributed by atoms with Crippen LogP contribution in [0.2, 0.25) is 0 Å². The highest BCUT2D eigenvalue weighted by atomic mass is 19.1. The fourth-order valence-corrected chi connectivity index (χ4v) is 0.973. The van der Waals surface area contributed by atoms with Crippen LogP contribution < -0.4 is 0 Å². The average molecular weight is 206 g/mol. The molecule has 15 heavy (non-hydrogen) atoms. The maximum atomic E-state index is 12.8. The number of carbonyl (C=O) groups excluding carboxylic acids is 1. The number of methoxy groups -OCH3 is 1. The average Bonchev–Trinajstić information content (AvgIpc) is 2.29. The molecular formula is C12H11FO2. The summed E-state index contributed by atoms with van der Waals surface area (Å²) in [5.74, 6) is -1.88. The maximum absolute atomic E-state index is 12.8. The first kappa shape index (κ1) is 11.2. The van der Waals surface area contributed by atoms with Crippen LogP contribution in [0.4, 0.5) is 4.39 Å². The van der Waals surface area contributed by atoms with E-state index in [2.05, 4.69) is 4.74 Å². The lowest BCUT2D eigenvalue weighted by Crippen LogP contribution is -1.99. The molecule has 1 rings (SSSR count). The largest absolute Gasteiger partial charge is 0.464 e. The van der Waals surface area contributed by atoms with Gasteiger partial charge in [-0.05, 0) is 11.6 Å². The second-order valence-corrected chi connectivity index (χ2v) is 2.78. The molecule has 0 heterocycles. The molecule has 0 saturated carbocycles. The van der Waals surface area contributed by atoms with Gasteiger partial charge in [-0.2, -0.15) is 4.39 Å². The number of halogens is 1. The van der Waals surface area contributed by atoms with Gasteiger partial charge in [-0.1, -0.05) is 42.5 Å². The molecule has 78 valence electrons. The molecule has 0 fully saturated rings. The molecule has 0 atom stereocenters. The SMILES string of the molecule is COC(=O)/C(F)=C/C=C/c1ccccc1. The minimum atomic E-state index is -0.965. The fourth-order valence-electron chi connectivity index (χ4n) is 0.973. The van der Waals surface area contributed by atoms with E-state index in [9.17, 15) is 9.18 Å². The summed E-state index contributed by atoms with van der Waals surface area (Å²) >= 11 is 0. The van der Waals surface area contributed by atoms with Crippen molar-refractivity contribution in [2.24, 2.45) is 0 Å². The van der Waals surface area contributed by atoms with Gasteiger partial charge >= 0.3 is 5.97 Å². The highest BCUT2D eigenvalue weighted by Crippen LogP contribution is 2.03. The van der Waals surface area contributed by atoms with Gasteiger partial charge < -0.3 is 4.74 Å². The van der Waals surface area contributed by atoms with E-state index in [-0.39, 0.29) is 0 Å². The van der Waals surface area contributed by atoms with Crippen molar-refractivity contribution in [1.29, 1.82) is 0 Å². The van der Waals surface area contributed by atoms with E-state index >= 15 is 0 Å². The number of hydrogen-bond donors (Lipinski definition) is 0. The van der Waals surface area contributed by atoms with Crippen LogP contribution in [0.15, 0.2) is 48.3 Å². The Bertz CT molecular complexity index is 380. The quantitative estimate of drug-likeness (QED) is 0.432. The van der Waals surface area contributed by atoms with Gasteiger partial charge in [0.15, 0.2) is 0 Å². The Kier molecular flexibility index (Phi) is 4.29. The molecular weight excluding hydrogens is 195 g/mol. The predicted molar refractivity (Wildman–Crippen MR) is 56.7 cm³/mol. The minimum Gasteiger partial charge on any atom is -0.464 e. The van der Waals surface area contributed by atoms with Crippen molar-refractivity contribution in [3.05, 3.63) is 53.9 Å². The van der Waals surface area contributed by atoms with Crippen molar-refractivity contribution in [3.63, 3.8) is 0 Å². The third kappa shape index (κ3) is 3.77. The van der Waals surface area contributed by atoms with E-state index in [0.717, 1.165) is 18.7 Å². The van der Waals surface area contributed by atoms with E-state index in [1.807, 2.05) is 30.3 Å². The molecule has 0 aliphatic carbocycles. The molecule has 0 aliphatic rings. The van der Waals surface area contributed by atoms with Gasteiger partial charge in [0.2, 0.25) is 5.83 Å². The number of benzene rings is 1. The van der Waals surface area contributed by atoms with Crippen LogP contribution in [-0.4, -0.2) is 13.1 Å². The number of ether oxygens (including phenoxy) is 1. The molecule has 0 radical (unpaired) electrons. The number of hydrogen-bond acceptors (Lipinski definition) is 2. The van der Waals surface area contributed by atoms with Crippen LogP contribution in [0.25, 0.3) is 6.08 Å². The minimum absolute atomic E-state index is 0.912. The van der Waals surface area contributed by atoms with Crippen LogP contribution in [0, 0.1) is 0 Å². The lowest BCUT2D eigenvalue weighted by Gasteiger charge is -1.92. The molecule has 0 aliphatic heterocycles. The molecule has 0 bridgehead atoms. The summed E-state index contributed by atoms with van der Waals surface area (Å²) in [6.45, 7) is 0. The van der Waals surface area contributed by atoms with Gasteiger partial charge in [-0.3, -0.25) is 0 Å². The number of rotatable bonds is 3.